The second kappa shape index (κ2) is 6.62. The number of amides is 1. The Morgan fingerprint density at radius 2 is 1.81 bits per heavy atom. The number of nitrogens with zero attached hydrogens (tertiary/aromatic N) is 4. The summed E-state index contributed by atoms with van der Waals surface area (Å²) in [5.74, 6) is -0.0463. The number of aromatic nitrogens is 4. The largest absolute Gasteiger partial charge is 0.332 e. The Hall–Kier alpha value is -3.16. The summed E-state index contributed by atoms with van der Waals surface area (Å²) in [4.78, 5) is 41.4. The Labute approximate surface area is 149 Å². The third kappa shape index (κ3) is 3.05. The SMILES string of the molecule is CC(C)c1ccc(NC(=O)Cn2c(=O)c3c(ncn3C)n(C)c2=O)cc1. The summed E-state index contributed by atoms with van der Waals surface area (Å²) in [6.45, 7) is 3.81. The molecule has 1 aromatic carbocycles. The standard InChI is InChI=1S/C18H21N5O3/c1-11(2)12-5-7-13(8-6-12)20-14(24)9-23-17(25)15-16(19-10-21(15)3)22(4)18(23)26/h5-8,10-11H,9H2,1-4H3,(H,20,24). The number of aryl methyl sites for hydroxylation is 2. The Kier molecular flexibility index (Phi) is 4.50. The van der Waals surface area contributed by atoms with Crippen LogP contribution in [0.25, 0.3) is 11.2 Å². The van der Waals surface area contributed by atoms with Crippen LogP contribution in [-0.4, -0.2) is 24.6 Å². The van der Waals surface area contributed by atoms with Gasteiger partial charge in [0, 0.05) is 19.8 Å². The number of carbonyl (C=O) groups is 1. The van der Waals surface area contributed by atoms with E-state index in [2.05, 4.69) is 24.1 Å². The number of fused-ring (bicyclic) bond motifs is 1. The lowest BCUT2D eigenvalue weighted by atomic mass is 10.0. The van der Waals surface area contributed by atoms with Gasteiger partial charge in [-0.25, -0.2) is 14.3 Å². The van der Waals surface area contributed by atoms with Gasteiger partial charge in [0.1, 0.15) is 6.54 Å². The predicted octanol–water partition coefficient (Wildman–Crippen LogP) is 1.20. The summed E-state index contributed by atoms with van der Waals surface area (Å²) >= 11 is 0. The van der Waals surface area contributed by atoms with Crippen molar-refractivity contribution in [3.05, 3.63) is 57.0 Å². The van der Waals surface area contributed by atoms with Crippen LogP contribution in [0.3, 0.4) is 0 Å². The van der Waals surface area contributed by atoms with Gasteiger partial charge in [0.2, 0.25) is 5.91 Å². The van der Waals surface area contributed by atoms with Crippen LogP contribution < -0.4 is 16.6 Å². The fourth-order valence-electron chi connectivity index (χ4n) is 2.83. The lowest BCUT2D eigenvalue weighted by Gasteiger charge is -2.10. The van der Waals surface area contributed by atoms with Gasteiger partial charge in [-0.1, -0.05) is 26.0 Å². The molecule has 2 heterocycles. The van der Waals surface area contributed by atoms with E-state index in [1.807, 2.05) is 12.1 Å². The number of carbonyl (C=O) groups excluding carboxylic acids is 1. The first-order valence-electron chi connectivity index (χ1n) is 8.30. The van der Waals surface area contributed by atoms with Crippen molar-refractivity contribution in [1.82, 2.24) is 18.7 Å². The average Bonchev–Trinajstić information content (AvgIpc) is 2.99. The molecular weight excluding hydrogens is 334 g/mol. The molecule has 0 fully saturated rings. The first-order chi connectivity index (χ1) is 12.3. The molecule has 3 aromatic rings. The summed E-state index contributed by atoms with van der Waals surface area (Å²) in [5, 5.41) is 2.72. The summed E-state index contributed by atoms with van der Waals surface area (Å²) in [5.41, 5.74) is 1.24. The normalized spacial score (nSPS) is 11.3. The van der Waals surface area contributed by atoms with Crippen LogP contribution in [0, 0.1) is 0 Å². The third-order valence-electron chi connectivity index (χ3n) is 4.36. The van der Waals surface area contributed by atoms with Gasteiger partial charge in [0.15, 0.2) is 11.2 Å². The number of hydrogen-bond acceptors (Lipinski definition) is 4. The Bertz CT molecular complexity index is 1090. The zero-order chi connectivity index (χ0) is 19.0. The second-order valence-corrected chi connectivity index (χ2v) is 6.59. The molecule has 8 heteroatoms. The molecule has 0 aliphatic heterocycles. The molecule has 26 heavy (non-hydrogen) atoms. The highest BCUT2D eigenvalue weighted by Gasteiger charge is 2.17. The van der Waals surface area contributed by atoms with Gasteiger partial charge in [-0.15, -0.1) is 0 Å². The van der Waals surface area contributed by atoms with E-state index >= 15 is 0 Å². The average molecular weight is 355 g/mol. The van der Waals surface area contributed by atoms with E-state index in [0.29, 0.717) is 17.3 Å². The summed E-state index contributed by atoms with van der Waals surface area (Å²) in [6.07, 6.45) is 1.46. The van der Waals surface area contributed by atoms with E-state index in [1.54, 1.807) is 19.2 Å². The number of nitrogens with one attached hydrogen (secondary N) is 1. The maximum absolute atomic E-state index is 12.6. The predicted molar refractivity (Wildman–Crippen MR) is 99.4 cm³/mol. The first kappa shape index (κ1) is 17.7. The van der Waals surface area contributed by atoms with E-state index in [9.17, 15) is 14.4 Å². The fraction of sp³-hybridized carbons (Fsp3) is 0.333. The van der Waals surface area contributed by atoms with Gasteiger partial charge in [-0.05, 0) is 23.6 Å². The number of imidazole rings is 1. The van der Waals surface area contributed by atoms with E-state index < -0.39 is 17.2 Å². The van der Waals surface area contributed by atoms with E-state index in [0.717, 1.165) is 10.1 Å². The second-order valence-electron chi connectivity index (χ2n) is 6.59. The minimum Gasteiger partial charge on any atom is -0.328 e. The molecule has 1 N–H and O–H groups in total. The van der Waals surface area contributed by atoms with Crippen molar-refractivity contribution in [2.24, 2.45) is 14.1 Å². The molecule has 0 saturated heterocycles. The zero-order valence-electron chi connectivity index (χ0n) is 15.2. The number of hydrogen-bond donors (Lipinski definition) is 1. The molecule has 1 amide bonds. The maximum Gasteiger partial charge on any atom is 0.332 e. The molecular formula is C18H21N5O3. The van der Waals surface area contributed by atoms with Crippen LogP contribution in [0.1, 0.15) is 25.3 Å². The van der Waals surface area contributed by atoms with Gasteiger partial charge >= 0.3 is 5.69 Å². The minimum absolute atomic E-state index is 0.279. The quantitative estimate of drug-likeness (QED) is 0.761. The van der Waals surface area contributed by atoms with Crippen molar-refractivity contribution >= 4 is 22.8 Å². The Morgan fingerprint density at radius 3 is 2.42 bits per heavy atom. The highest BCUT2D eigenvalue weighted by molar-refractivity contribution is 5.90. The van der Waals surface area contributed by atoms with Crippen molar-refractivity contribution < 1.29 is 4.79 Å². The molecule has 3 rings (SSSR count). The molecule has 0 spiro atoms. The molecule has 8 nitrogen and oxygen atoms in total. The molecule has 0 aliphatic rings. The highest BCUT2D eigenvalue weighted by atomic mass is 16.2. The topological polar surface area (TPSA) is 90.9 Å². The minimum atomic E-state index is -0.577. The monoisotopic (exact) mass is 355 g/mol. The van der Waals surface area contributed by atoms with Crippen molar-refractivity contribution in [3.8, 4) is 0 Å². The first-order valence-corrected chi connectivity index (χ1v) is 8.30. The van der Waals surface area contributed by atoms with E-state index in [-0.39, 0.29) is 12.1 Å². The molecule has 0 unspecified atom stereocenters. The van der Waals surface area contributed by atoms with Crippen molar-refractivity contribution in [2.75, 3.05) is 5.32 Å². The van der Waals surface area contributed by atoms with Crippen LogP contribution in [0.15, 0.2) is 40.2 Å². The lowest BCUT2D eigenvalue weighted by molar-refractivity contribution is -0.116. The molecule has 0 saturated carbocycles. The van der Waals surface area contributed by atoms with E-state index in [4.69, 9.17) is 0 Å². The number of anilines is 1. The van der Waals surface area contributed by atoms with Crippen LogP contribution in [0.2, 0.25) is 0 Å². The molecule has 136 valence electrons. The molecule has 2 aromatic heterocycles. The van der Waals surface area contributed by atoms with Gasteiger partial charge in [-0.3, -0.25) is 14.2 Å². The van der Waals surface area contributed by atoms with Gasteiger partial charge in [-0.2, -0.15) is 0 Å². The van der Waals surface area contributed by atoms with Gasteiger partial charge in [0.05, 0.1) is 6.33 Å². The molecule has 0 radical (unpaired) electrons. The number of rotatable bonds is 4. The van der Waals surface area contributed by atoms with Crippen molar-refractivity contribution in [2.45, 2.75) is 26.3 Å². The smallest absolute Gasteiger partial charge is 0.328 e. The molecule has 0 atom stereocenters. The summed E-state index contributed by atoms with van der Waals surface area (Å²) in [6, 6.07) is 7.48. The Morgan fingerprint density at radius 1 is 1.15 bits per heavy atom. The third-order valence-corrected chi connectivity index (χ3v) is 4.36. The van der Waals surface area contributed by atoms with Crippen molar-refractivity contribution in [1.29, 1.82) is 0 Å². The summed E-state index contributed by atoms with van der Waals surface area (Å²) in [7, 11) is 3.19. The van der Waals surface area contributed by atoms with Crippen molar-refractivity contribution in [3.63, 3.8) is 0 Å². The van der Waals surface area contributed by atoms with Crippen LogP contribution in [0.4, 0.5) is 5.69 Å². The number of benzene rings is 1. The summed E-state index contributed by atoms with van der Waals surface area (Å²) < 4.78 is 3.72. The van der Waals surface area contributed by atoms with Gasteiger partial charge in [0.25, 0.3) is 5.56 Å². The molecule has 0 aliphatic carbocycles. The zero-order valence-corrected chi connectivity index (χ0v) is 15.2. The van der Waals surface area contributed by atoms with E-state index in [1.165, 1.54) is 22.5 Å². The van der Waals surface area contributed by atoms with Crippen LogP contribution in [0.5, 0.6) is 0 Å². The Balaban J connectivity index is 1.89. The van der Waals surface area contributed by atoms with Gasteiger partial charge < -0.3 is 9.88 Å². The maximum atomic E-state index is 12.6. The van der Waals surface area contributed by atoms with Crippen LogP contribution >= 0.6 is 0 Å². The lowest BCUT2D eigenvalue weighted by Crippen LogP contribution is -2.42. The van der Waals surface area contributed by atoms with Crippen LogP contribution in [-0.2, 0) is 25.4 Å². The highest BCUT2D eigenvalue weighted by Crippen LogP contribution is 2.17. The fourth-order valence-corrected chi connectivity index (χ4v) is 2.83. The molecule has 0 bridgehead atoms.